The summed E-state index contributed by atoms with van der Waals surface area (Å²) in [6, 6.07) is 3.93. The van der Waals surface area contributed by atoms with Gasteiger partial charge in [-0.25, -0.2) is 8.78 Å². The van der Waals surface area contributed by atoms with Crippen molar-refractivity contribution < 1.29 is 23.2 Å². The van der Waals surface area contributed by atoms with Crippen LogP contribution in [0.3, 0.4) is 0 Å². The highest BCUT2D eigenvalue weighted by Gasteiger charge is 2.25. The quantitative estimate of drug-likeness (QED) is 0.527. The highest BCUT2D eigenvalue weighted by molar-refractivity contribution is 6.56. The molecule has 1 aromatic carbocycles. The zero-order chi connectivity index (χ0) is 13.6. The molecule has 0 aliphatic rings. The molecule has 0 amide bonds. The smallest absolute Gasteiger partial charge is 0.390 e. The van der Waals surface area contributed by atoms with E-state index in [0.717, 1.165) is 30.9 Å². The lowest BCUT2D eigenvalue weighted by Gasteiger charge is -2.08. The molecule has 3 nitrogen and oxygen atoms in total. The Balaban J connectivity index is 2.16. The third-order valence-corrected chi connectivity index (χ3v) is 3.74. The maximum Gasteiger partial charge on any atom is 0.492 e. The summed E-state index contributed by atoms with van der Waals surface area (Å²) in [5, 5.41) is 0. The minimum Gasteiger partial charge on any atom is -0.390 e. The number of aryl methyl sites for hydroxylation is 1. The molecule has 0 spiro atoms. The second-order valence-electron chi connectivity index (χ2n) is 4.44. The van der Waals surface area contributed by atoms with Crippen LogP contribution in [0.4, 0.5) is 8.78 Å². The van der Waals surface area contributed by atoms with Crippen molar-refractivity contribution in [3.63, 3.8) is 0 Å². The first kappa shape index (κ1) is 15.2. The van der Waals surface area contributed by atoms with E-state index in [9.17, 15) is 8.78 Å². The Hall–Kier alpha value is -0.823. The van der Waals surface area contributed by atoms with Gasteiger partial charge in [-0.3, -0.25) is 0 Å². The second-order valence-corrected chi connectivity index (χ2v) is 6.49. The van der Waals surface area contributed by atoms with Gasteiger partial charge in [-0.2, -0.15) is 0 Å². The molecule has 0 fully saturated rings. The SMILES string of the molecule is O[Si](O)(O)CCCCCCc1ccc(F)c(F)c1. The van der Waals surface area contributed by atoms with Crippen LogP contribution in [0.5, 0.6) is 0 Å². The molecule has 0 heterocycles. The summed E-state index contributed by atoms with van der Waals surface area (Å²) < 4.78 is 25.5. The summed E-state index contributed by atoms with van der Waals surface area (Å²) >= 11 is 0. The molecular formula is C12H18F2O3Si. The van der Waals surface area contributed by atoms with E-state index in [1.807, 2.05) is 0 Å². The molecule has 6 heteroatoms. The Morgan fingerprint density at radius 3 is 2.17 bits per heavy atom. The fourth-order valence-electron chi connectivity index (χ4n) is 1.74. The van der Waals surface area contributed by atoms with E-state index in [1.165, 1.54) is 6.07 Å². The monoisotopic (exact) mass is 276 g/mol. The van der Waals surface area contributed by atoms with Gasteiger partial charge >= 0.3 is 8.80 Å². The predicted molar refractivity (Wildman–Crippen MR) is 65.7 cm³/mol. The molecule has 0 unspecified atom stereocenters. The van der Waals surface area contributed by atoms with Crippen LogP contribution in [-0.4, -0.2) is 23.2 Å². The molecule has 102 valence electrons. The highest BCUT2D eigenvalue weighted by Crippen LogP contribution is 2.13. The van der Waals surface area contributed by atoms with Gasteiger partial charge in [0.1, 0.15) is 0 Å². The first-order valence-electron chi connectivity index (χ1n) is 5.99. The van der Waals surface area contributed by atoms with E-state index in [0.29, 0.717) is 12.8 Å². The average molecular weight is 276 g/mol. The van der Waals surface area contributed by atoms with Gasteiger partial charge < -0.3 is 14.4 Å². The van der Waals surface area contributed by atoms with Crippen LogP contribution < -0.4 is 0 Å². The summed E-state index contributed by atoms with van der Waals surface area (Å²) in [6.45, 7) is 0. The molecule has 1 aromatic rings. The molecule has 0 saturated heterocycles. The largest absolute Gasteiger partial charge is 0.492 e. The maximum atomic E-state index is 12.9. The van der Waals surface area contributed by atoms with E-state index in [-0.39, 0.29) is 6.04 Å². The summed E-state index contributed by atoms with van der Waals surface area (Å²) in [4.78, 5) is 26.3. The number of halogens is 2. The van der Waals surface area contributed by atoms with Crippen LogP contribution in [0.2, 0.25) is 6.04 Å². The molecule has 0 aliphatic carbocycles. The van der Waals surface area contributed by atoms with Gasteiger partial charge in [0.05, 0.1) is 0 Å². The van der Waals surface area contributed by atoms with E-state index >= 15 is 0 Å². The van der Waals surface area contributed by atoms with E-state index < -0.39 is 20.4 Å². The van der Waals surface area contributed by atoms with Crippen LogP contribution in [0, 0.1) is 11.6 Å². The Labute approximate surface area is 106 Å². The minimum atomic E-state index is -3.89. The predicted octanol–water partition coefficient (Wildman–Crippen LogP) is 1.98. The van der Waals surface area contributed by atoms with Crippen LogP contribution >= 0.6 is 0 Å². The van der Waals surface area contributed by atoms with Crippen LogP contribution in [-0.2, 0) is 6.42 Å². The molecule has 0 saturated carbocycles. The molecule has 0 bridgehead atoms. The highest BCUT2D eigenvalue weighted by atomic mass is 28.4. The Bertz CT molecular complexity index is 380. The number of hydrogen-bond acceptors (Lipinski definition) is 3. The molecule has 18 heavy (non-hydrogen) atoms. The minimum absolute atomic E-state index is 0.0537. The van der Waals surface area contributed by atoms with Gasteiger partial charge in [-0.1, -0.05) is 18.9 Å². The number of hydrogen-bond donors (Lipinski definition) is 3. The average Bonchev–Trinajstić information content (AvgIpc) is 2.26. The van der Waals surface area contributed by atoms with Crippen LogP contribution in [0.15, 0.2) is 18.2 Å². The lowest BCUT2D eigenvalue weighted by atomic mass is 10.1. The van der Waals surface area contributed by atoms with Crippen molar-refractivity contribution in [3.05, 3.63) is 35.4 Å². The number of rotatable bonds is 7. The summed E-state index contributed by atoms with van der Waals surface area (Å²) in [6.07, 6.45) is 3.68. The molecule has 0 aliphatic heterocycles. The van der Waals surface area contributed by atoms with E-state index in [2.05, 4.69) is 0 Å². The standard InChI is InChI=1S/C12H18F2O3Si/c13-11-7-6-10(9-12(11)14)5-3-1-2-4-8-18(15,16)17/h6-7,9,15-17H,1-5,8H2. The Kier molecular flexibility index (Phi) is 5.87. The third kappa shape index (κ3) is 6.20. The van der Waals surface area contributed by atoms with Gasteiger partial charge in [-0.05, 0) is 37.0 Å². The van der Waals surface area contributed by atoms with Crippen molar-refractivity contribution in [1.82, 2.24) is 0 Å². The molecule has 1 rings (SSSR count). The van der Waals surface area contributed by atoms with Gasteiger partial charge in [0.25, 0.3) is 0 Å². The van der Waals surface area contributed by atoms with Gasteiger partial charge in [0.2, 0.25) is 0 Å². The van der Waals surface area contributed by atoms with Gasteiger partial charge in [-0.15, -0.1) is 0 Å². The molecule has 3 N–H and O–H groups in total. The Morgan fingerprint density at radius 2 is 1.56 bits per heavy atom. The third-order valence-electron chi connectivity index (χ3n) is 2.71. The fraction of sp³-hybridized carbons (Fsp3) is 0.500. The summed E-state index contributed by atoms with van der Waals surface area (Å²) in [7, 11) is -3.89. The molecule has 0 aromatic heterocycles. The first-order chi connectivity index (χ1) is 8.38. The molecule has 0 radical (unpaired) electrons. The maximum absolute atomic E-state index is 12.9. The van der Waals surface area contributed by atoms with Gasteiger partial charge in [0.15, 0.2) is 11.6 Å². The van der Waals surface area contributed by atoms with Crippen molar-refractivity contribution in [1.29, 1.82) is 0 Å². The van der Waals surface area contributed by atoms with Crippen molar-refractivity contribution in [3.8, 4) is 0 Å². The van der Waals surface area contributed by atoms with Crippen molar-refractivity contribution in [2.24, 2.45) is 0 Å². The fourth-order valence-corrected chi connectivity index (χ4v) is 2.46. The Morgan fingerprint density at radius 1 is 0.889 bits per heavy atom. The van der Waals surface area contributed by atoms with Crippen LogP contribution in [0.1, 0.15) is 31.2 Å². The van der Waals surface area contributed by atoms with E-state index in [1.54, 1.807) is 6.07 Å². The number of benzene rings is 1. The van der Waals surface area contributed by atoms with Crippen molar-refractivity contribution in [2.45, 2.75) is 38.1 Å². The first-order valence-corrected chi connectivity index (χ1v) is 8.04. The molecular weight excluding hydrogens is 258 g/mol. The zero-order valence-electron chi connectivity index (χ0n) is 10.1. The van der Waals surface area contributed by atoms with Gasteiger partial charge in [0, 0.05) is 6.04 Å². The number of unbranched alkanes of at least 4 members (excludes halogenated alkanes) is 3. The summed E-state index contributed by atoms with van der Waals surface area (Å²) in [5.41, 5.74) is 0.754. The van der Waals surface area contributed by atoms with Crippen LogP contribution in [0.25, 0.3) is 0 Å². The van der Waals surface area contributed by atoms with E-state index in [4.69, 9.17) is 14.4 Å². The lowest BCUT2D eigenvalue weighted by Crippen LogP contribution is -2.33. The van der Waals surface area contributed by atoms with Crippen molar-refractivity contribution >= 4 is 8.80 Å². The van der Waals surface area contributed by atoms with Crippen molar-refractivity contribution in [2.75, 3.05) is 0 Å². The second kappa shape index (κ2) is 6.94. The molecule has 0 atom stereocenters. The normalized spacial score (nSPS) is 11.8. The zero-order valence-corrected chi connectivity index (χ0v) is 11.1. The lowest BCUT2D eigenvalue weighted by molar-refractivity contribution is 0.226. The topological polar surface area (TPSA) is 60.7 Å². The summed E-state index contributed by atoms with van der Waals surface area (Å²) in [5.74, 6) is -1.67.